The highest BCUT2D eigenvalue weighted by atomic mass is 32.2. The first-order valence-electron chi connectivity index (χ1n) is 7.88. The lowest BCUT2D eigenvalue weighted by atomic mass is 10.2. The van der Waals surface area contributed by atoms with Crippen LogP contribution in [0, 0.1) is 0 Å². The second-order valence-corrected chi connectivity index (χ2v) is 7.28. The van der Waals surface area contributed by atoms with Crippen molar-refractivity contribution in [3.63, 3.8) is 0 Å². The van der Waals surface area contributed by atoms with Crippen molar-refractivity contribution in [2.45, 2.75) is 18.7 Å². The molecule has 26 heavy (non-hydrogen) atoms. The fourth-order valence-corrected chi connectivity index (χ4v) is 3.89. The Balaban J connectivity index is 2.32. The molecule has 1 amide bonds. The van der Waals surface area contributed by atoms with Crippen molar-refractivity contribution in [3.8, 4) is 0 Å². The number of methoxy groups -OCH3 is 1. The molecule has 138 valence electrons. The van der Waals surface area contributed by atoms with E-state index in [4.69, 9.17) is 0 Å². The number of nitrogens with one attached hydrogen (secondary N) is 1. The lowest BCUT2D eigenvalue weighted by molar-refractivity contribution is -0.114. The van der Waals surface area contributed by atoms with Crippen LogP contribution < -0.4 is 9.62 Å². The third kappa shape index (κ3) is 4.20. The largest absolute Gasteiger partial charge is 0.465 e. The van der Waals surface area contributed by atoms with Gasteiger partial charge in [-0.15, -0.1) is 0 Å². The molecule has 7 nitrogen and oxygen atoms in total. The second-order valence-electron chi connectivity index (χ2n) is 5.41. The van der Waals surface area contributed by atoms with Crippen molar-refractivity contribution in [3.05, 3.63) is 54.1 Å². The molecular formula is C18H20N2O5S. The molecular weight excluding hydrogens is 356 g/mol. The molecule has 0 radical (unpaired) electrons. The molecule has 0 saturated heterocycles. The zero-order valence-electron chi connectivity index (χ0n) is 14.7. The van der Waals surface area contributed by atoms with Crippen LogP contribution in [-0.4, -0.2) is 33.9 Å². The summed E-state index contributed by atoms with van der Waals surface area (Å²) in [5.74, 6) is -0.725. The van der Waals surface area contributed by atoms with E-state index in [9.17, 15) is 18.0 Å². The smallest absolute Gasteiger partial charge is 0.337 e. The second kappa shape index (κ2) is 8.01. The number of benzene rings is 2. The summed E-state index contributed by atoms with van der Waals surface area (Å²) in [5, 5.41) is 2.59. The molecule has 0 aliphatic carbocycles. The highest BCUT2D eigenvalue weighted by Crippen LogP contribution is 2.25. The quantitative estimate of drug-likeness (QED) is 0.783. The van der Waals surface area contributed by atoms with Crippen LogP contribution in [0.3, 0.4) is 0 Å². The van der Waals surface area contributed by atoms with Crippen molar-refractivity contribution in [1.82, 2.24) is 0 Å². The topological polar surface area (TPSA) is 92.8 Å². The highest BCUT2D eigenvalue weighted by Gasteiger charge is 2.23. The molecule has 0 fully saturated rings. The van der Waals surface area contributed by atoms with Crippen molar-refractivity contribution in [1.29, 1.82) is 0 Å². The van der Waals surface area contributed by atoms with E-state index >= 15 is 0 Å². The molecule has 0 aliphatic heterocycles. The third-order valence-corrected chi connectivity index (χ3v) is 5.54. The van der Waals surface area contributed by atoms with E-state index < -0.39 is 16.0 Å². The molecule has 1 N–H and O–H groups in total. The summed E-state index contributed by atoms with van der Waals surface area (Å²) < 4.78 is 31.7. The minimum atomic E-state index is -3.78. The fourth-order valence-electron chi connectivity index (χ4n) is 2.41. The standard InChI is InChI=1S/C18H20N2O5S/c1-4-20(16-9-5-14(6-10-16)18(22)25-3)26(23,24)17-11-7-15(8-12-17)19-13(2)21/h5-12H,4H2,1-3H3,(H,19,21). The Hall–Kier alpha value is -2.87. The normalized spacial score (nSPS) is 10.9. The summed E-state index contributed by atoms with van der Waals surface area (Å²) >= 11 is 0. The van der Waals surface area contributed by atoms with E-state index in [0.29, 0.717) is 16.9 Å². The average molecular weight is 376 g/mol. The Morgan fingerprint density at radius 3 is 2.08 bits per heavy atom. The van der Waals surface area contributed by atoms with Crippen molar-refractivity contribution in [2.75, 3.05) is 23.3 Å². The van der Waals surface area contributed by atoms with Crippen LogP contribution in [0.5, 0.6) is 0 Å². The number of anilines is 2. The van der Waals surface area contributed by atoms with Gasteiger partial charge in [-0.1, -0.05) is 0 Å². The molecule has 2 rings (SSSR count). The van der Waals surface area contributed by atoms with E-state index in [1.54, 1.807) is 19.1 Å². The van der Waals surface area contributed by atoms with Gasteiger partial charge in [-0.2, -0.15) is 0 Å². The number of hydrogen-bond donors (Lipinski definition) is 1. The van der Waals surface area contributed by atoms with E-state index in [0.717, 1.165) is 0 Å². The molecule has 0 aliphatic rings. The van der Waals surface area contributed by atoms with Crippen molar-refractivity contribution < 1.29 is 22.7 Å². The first kappa shape index (κ1) is 19.5. The SMILES string of the molecule is CCN(c1ccc(C(=O)OC)cc1)S(=O)(=O)c1ccc(NC(C)=O)cc1. The molecule has 0 aromatic heterocycles. The van der Waals surface area contributed by atoms with E-state index in [2.05, 4.69) is 10.1 Å². The first-order valence-corrected chi connectivity index (χ1v) is 9.32. The number of sulfonamides is 1. The maximum atomic E-state index is 12.9. The fraction of sp³-hybridized carbons (Fsp3) is 0.222. The van der Waals surface area contributed by atoms with Crippen LogP contribution in [0.25, 0.3) is 0 Å². The monoisotopic (exact) mass is 376 g/mol. The molecule has 0 bridgehead atoms. The summed E-state index contributed by atoms with van der Waals surface area (Å²) in [6.07, 6.45) is 0. The summed E-state index contributed by atoms with van der Waals surface area (Å²) in [6.45, 7) is 3.31. The zero-order chi connectivity index (χ0) is 19.3. The highest BCUT2D eigenvalue weighted by molar-refractivity contribution is 7.92. The molecule has 8 heteroatoms. The van der Waals surface area contributed by atoms with E-state index in [1.807, 2.05) is 0 Å². The van der Waals surface area contributed by atoms with Gasteiger partial charge in [0.15, 0.2) is 0 Å². The predicted octanol–water partition coefficient (Wildman–Crippen LogP) is 2.65. The van der Waals surface area contributed by atoms with Gasteiger partial charge >= 0.3 is 5.97 Å². The van der Waals surface area contributed by atoms with Crippen LogP contribution in [0.4, 0.5) is 11.4 Å². The van der Waals surface area contributed by atoms with Gasteiger partial charge in [-0.25, -0.2) is 13.2 Å². The lowest BCUT2D eigenvalue weighted by Gasteiger charge is -2.23. The number of hydrogen-bond acceptors (Lipinski definition) is 5. The minimum Gasteiger partial charge on any atom is -0.465 e. The van der Waals surface area contributed by atoms with Gasteiger partial charge in [0, 0.05) is 19.2 Å². The Morgan fingerprint density at radius 1 is 1.04 bits per heavy atom. The number of nitrogens with zero attached hydrogens (tertiary/aromatic N) is 1. The van der Waals surface area contributed by atoms with Crippen LogP contribution in [0.15, 0.2) is 53.4 Å². The van der Waals surface area contributed by atoms with Crippen molar-refractivity contribution in [2.24, 2.45) is 0 Å². The molecule has 0 saturated carbocycles. The first-order chi connectivity index (χ1) is 12.3. The molecule has 2 aromatic rings. The molecule has 0 spiro atoms. The summed E-state index contributed by atoms with van der Waals surface area (Å²) in [7, 11) is -2.50. The van der Waals surface area contributed by atoms with Crippen LogP contribution in [0.1, 0.15) is 24.2 Å². The molecule has 0 heterocycles. The summed E-state index contributed by atoms with van der Waals surface area (Å²) in [5.41, 5.74) is 1.29. The van der Waals surface area contributed by atoms with Gasteiger partial charge in [0.1, 0.15) is 0 Å². The Morgan fingerprint density at radius 2 is 1.62 bits per heavy atom. The Labute approximate surface area is 152 Å². The lowest BCUT2D eigenvalue weighted by Crippen LogP contribution is -2.30. The Kier molecular flexibility index (Phi) is 5.99. The van der Waals surface area contributed by atoms with Crippen LogP contribution in [-0.2, 0) is 19.6 Å². The summed E-state index contributed by atoms with van der Waals surface area (Å²) in [6, 6.07) is 12.1. The maximum Gasteiger partial charge on any atom is 0.337 e. The maximum absolute atomic E-state index is 12.9. The predicted molar refractivity (Wildman–Crippen MR) is 98.7 cm³/mol. The molecule has 0 unspecified atom stereocenters. The summed E-state index contributed by atoms with van der Waals surface area (Å²) in [4.78, 5) is 22.7. The van der Waals surface area contributed by atoms with Gasteiger partial charge in [0.25, 0.3) is 10.0 Å². The number of carbonyl (C=O) groups is 2. The molecule has 0 atom stereocenters. The van der Waals surface area contributed by atoms with E-state index in [1.165, 1.54) is 54.7 Å². The minimum absolute atomic E-state index is 0.102. The van der Waals surface area contributed by atoms with Gasteiger partial charge in [-0.3, -0.25) is 9.10 Å². The van der Waals surface area contributed by atoms with Gasteiger partial charge in [-0.05, 0) is 55.5 Å². The third-order valence-electron chi connectivity index (χ3n) is 3.63. The van der Waals surface area contributed by atoms with E-state index in [-0.39, 0.29) is 17.3 Å². The number of ether oxygens (including phenoxy) is 1. The van der Waals surface area contributed by atoms with Crippen LogP contribution >= 0.6 is 0 Å². The van der Waals surface area contributed by atoms with Crippen molar-refractivity contribution >= 4 is 33.3 Å². The van der Waals surface area contributed by atoms with Crippen LogP contribution in [0.2, 0.25) is 0 Å². The average Bonchev–Trinajstić information content (AvgIpc) is 2.62. The molecule has 2 aromatic carbocycles. The Bertz CT molecular complexity index is 890. The number of amides is 1. The van der Waals surface area contributed by atoms with Gasteiger partial charge < -0.3 is 10.1 Å². The number of rotatable bonds is 6. The number of esters is 1. The van der Waals surface area contributed by atoms with Gasteiger partial charge in [0.2, 0.25) is 5.91 Å². The number of carbonyl (C=O) groups excluding carboxylic acids is 2. The zero-order valence-corrected chi connectivity index (χ0v) is 15.5. The van der Waals surface area contributed by atoms with Gasteiger partial charge in [0.05, 0.1) is 23.3 Å².